The molecule has 3 aromatic rings. The maximum absolute atomic E-state index is 4.61. The van der Waals surface area contributed by atoms with E-state index in [0.29, 0.717) is 5.92 Å². The largest absolute Gasteiger partial charge is 0.352 e. The predicted molar refractivity (Wildman–Crippen MR) is 90.8 cm³/mol. The number of benzene rings is 1. The second kappa shape index (κ2) is 6.18. The number of fused-ring (bicyclic) bond motifs is 1. The molecule has 0 fully saturated rings. The Hall–Kier alpha value is -2.36. The van der Waals surface area contributed by atoms with Crippen molar-refractivity contribution in [2.45, 2.75) is 26.8 Å². The summed E-state index contributed by atoms with van der Waals surface area (Å²) in [4.78, 5) is 8.74. The molecular weight excluding hydrogens is 272 g/mol. The maximum Gasteiger partial charge on any atom is 0.203 e. The van der Waals surface area contributed by atoms with Crippen LogP contribution < -0.4 is 5.32 Å². The number of hydrogen-bond acceptors (Lipinski definition) is 3. The van der Waals surface area contributed by atoms with Crippen LogP contribution in [0.5, 0.6) is 0 Å². The zero-order valence-corrected chi connectivity index (χ0v) is 13.4. The van der Waals surface area contributed by atoms with Crippen molar-refractivity contribution < 1.29 is 0 Å². The third-order valence-electron chi connectivity index (χ3n) is 3.87. The number of aromatic nitrogens is 3. The maximum atomic E-state index is 4.61. The third-order valence-corrected chi connectivity index (χ3v) is 3.87. The van der Waals surface area contributed by atoms with Crippen molar-refractivity contribution in [3.05, 3.63) is 53.9 Å². The molecule has 0 aliphatic heterocycles. The fraction of sp³-hybridized carbons (Fsp3) is 0.333. The van der Waals surface area contributed by atoms with Crippen LogP contribution in [-0.4, -0.2) is 14.5 Å². The molecule has 0 saturated carbocycles. The van der Waals surface area contributed by atoms with Gasteiger partial charge in [0, 0.05) is 19.8 Å². The lowest BCUT2D eigenvalue weighted by Crippen LogP contribution is -2.08. The summed E-state index contributed by atoms with van der Waals surface area (Å²) in [7, 11) is 2.03. The number of nitrogens with one attached hydrogen (secondary N) is 1. The van der Waals surface area contributed by atoms with Gasteiger partial charge < -0.3 is 9.88 Å². The summed E-state index contributed by atoms with van der Waals surface area (Å²) in [6, 6.07) is 10.6. The van der Waals surface area contributed by atoms with E-state index < -0.39 is 0 Å². The molecule has 114 valence electrons. The van der Waals surface area contributed by atoms with Gasteiger partial charge in [-0.25, -0.2) is 4.98 Å². The highest BCUT2D eigenvalue weighted by Crippen LogP contribution is 2.19. The quantitative estimate of drug-likeness (QED) is 0.778. The van der Waals surface area contributed by atoms with E-state index >= 15 is 0 Å². The van der Waals surface area contributed by atoms with Crippen molar-refractivity contribution in [3.8, 4) is 0 Å². The van der Waals surface area contributed by atoms with Gasteiger partial charge in [0.05, 0.1) is 11.7 Å². The standard InChI is InChI=1S/C18H22N4/c1-13(2)10-14-6-4-5-7-15(14)11-20-18-21-16-12-19-9-8-17(16)22(18)3/h4-9,12-13H,10-11H2,1-3H3,(H,20,21). The number of imidazole rings is 1. The van der Waals surface area contributed by atoms with Crippen LogP contribution in [0.3, 0.4) is 0 Å². The first-order chi connectivity index (χ1) is 10.6. The van der Waals surface area contributed by atoms with Crippen LogP contribution in [0.25, 0.3) is 11.0 Å². The van der Waals surface area contributed by atoms with Crippen molar-refractivity contribution in [2.75, 3.05) is 5.32 Å². The Labute approximate surface area is 131 Å². The molecule has 0 unspecified atom stereocenters. The smallest absolute Gasteiger partial charge is 0.203 e. The van der Waals surface area contributed by atoms with E-state index in [0.717, 1.165) is 29.9 Å². The number of anilines is 1. The normalized spacial score (nSPS) is 11.3. The molecular formula is C18H22N4. The van der Waals surface area contributed by atoms with E-state index in [-0.39, 0.29) is 0 Å². The summed E-state index contributed by atoms with van der Waals surface area (Å²) in [5, 5.41) is 3.46. The Kier molecular flexibility index (Phi) is 4.09. The van der Waals surface area contributed by atoms with Gasteiger partial charge in [0.2, 0.25) is 5.95 Å². The fourth-order valence-electron chi connectivity index (χ4n) is 2.75. The minimum absolute atomic E-state index is 0.656. The Morgan fingerprint density at radius 1 is 1.14 bits per heavy atom. The lowest BCUT2D eigenvalue weighted by molar-refractivity contribution is 0.643. The average molecular weight is 294 g/mol. The topological polar surface area (TPSA) is 42.7 Å². The molecule has 1 aromatic carbocycles. The highest BCUT2D eigenvalue weighted by Gasteiger charge is 2.09. The van der Waals surface area contributed by atoms with Crippen molar-refractivity contribution >= 4 is 17.0 Å². The SMILES string of the molecule is CC(C)Cc1ccccc1CNc1nc2cnccc2n1C. The van der Waals surface area contributed by atoms with Gasteiger partial charge in [0.15, 0.2) is 0 Å². The van der Waals surface area contributed by atoms with Crippen LogP contribution in [0.2, 0.25) is 0 Å². The molecule has 0 atom stereocenters. The number of nitrogens with zero attached hydrogens (tertiary/aromatic N) is 3. The number of hydrogen-bond donors (Lipinski definition) is 1. The number of aryl methyl sites for hydroxylation is 1. The molecule has 2 aromatic heterocycles. The number of rotatable bonds is 5. The minimum Gasteiger partial charge on any atom is -0.352 e. The molecule has 0 amide bonds. The lowest BCUT2D eigenvalue weighted by atomic mass is 9.98. The van der Waals surface area contributed by atoms with E-state index in [9.17, 15) is 0 Å². The van der Waals surface area contributed by atoms with E-state index in [1.54, 1.807) is 12.4 Å². The van der Waals surface area contributed by atoms with Gasteiger partial charge in [0.25, 0.3) is 0 Å². The minimum atomic E-state index is 0.656. The first-order valence-electron chi connectivity index (χ1n) is 7.72. The van der Waals surface area contributed by atoms with Crippen LogP contribution in [0.1, 0.15) is 25.0 Å². The summed E-state index contributed by atoms with van der Waals surface area (Å²) in [5.74, 6) is 1.53. The fourth-order valence-corrected chi connectivity index (χ4v) is 2.75. The van der Waals surface area contributed by atoms with Gasteiger partial charge in [-0.15, -0.1) is 0 Å². The number of pyridine rings is 1. The zero-order valence-electron chi connectivity index (χ0n) is 13.4. The Morgan fingerprint density at radius 3 is 2.64 bits per heavy atom. The molecule has 0 aliphatic carbocycles. The summed E-state index contributed by atoms with van der Waals surface area (Å²) in [5.41, 5.74) is 4.75. The zero-order chi connectivity index (χ0) is 15.5. The molecule has 0 bridgehead atoms. The predicted octanol–water partition coefficient (Wildman–Crippen LogP) is 3.78. The first-order valence-corrected chi connectivity index (χ1v) is 7.72. The van der Waals surface area contributed by atoms with Crippen LogP contribution in [0, 0.1) is 5.92 Å². The van der Waals surface area contributed by atoms with Crippen LogP contribution in [0.4, 0.5) is 5.95 Å². The Bertz CT molecular complexity index is 774. The first kappa shape index (κ1) is 14.6. The van der Waals surface area contributed by atoms with Crippen molar-refractivity contribution in [2.24, 2.45) is 13.0 Å². The van der Waals surface area contributed by atoms with E-state index in [1.165, 1.54) is 11.1 Å². The van der Waals surface area contributed by atoms with Gasteiger partial charge >= 0.3 is 0 Å². The Morgan fingerprint density at radius 2 is 1.91 bits per heavy atom. The molecule has 4 heteroatoms. The summed E-state index contributed by atoms with van der Waals surface area (Å²) >= 11 is 0. The van der Waals surface area contributed by atoms with E-state index in [4.69, 9.17) is 0 Å². The average Bonchev–Trinajstić information content (AvgIpc) is 2.83. The highest BCUT2D eigenvalue weighted by atomic mass is 15.2. The van der Waals surface area contributed by atoms with Crippen LogP contribution in [-0.2, 0) is 20.0 Å². The lowest BCUT2D eigenvalue weighted by Gasteiger charge is -2.13. The van der Waals surface area contributed by atoms with Gasteiger partial charge in [-0.3, -0.25) is 4.98 Å². The summed E-state index contributed by atoms with van der Waals surface area (Å²) in [6.45, 7) is 5.29. The molecule has 3 rings (SSSR count). The molecule has 22 heavy (non-hydrogen) atoms. The van der Waals surface area contributed by atoms with Crippen LogP contribution >= 0.6 is 0 Å². The van der Waals surface area contributed by atoms with Crippen molar-refractivity contribution in [1.82, 2.24) is 14.5 Å². The van der Waals surface area contributed by atoms with Gasteiger partial charge in [0.1, 0.15) is 5.52 Å². The highest BCUT2D eigenvalue weighted by molar-refractivity contribution is 5.77. The second-order valence-electron chi connectivity index (χ2n) is 6.08. The molecule has 4 nitrogen and oxygen atoms in total. The molecule has 0 radical (unpaired) electrons. The molecule has 0 saturated heterocycles. The molecule has 1 N–H and O–H groups in total. The van der Waals surface area contributed by atoms with Gasteiger partial charge in [-0.2, -0.15) is 0 Å². The van der Waals surface area contributed by atoms with E-state index in [2.05, 4.69) is 58.0 Å². The second-order valence-corrected chi connectivity index (χ2v) is 6.08. The monoisotopic (exact) mass is 294 g/mol. The molecule has 0 spiro atoms. The van der Waals surface area contributed by atoms with E-state index in [1.807, 2.05) is 13.1 Å². The van der Waals surface area contributed by atoms with Gasteiger partial charge in [-0.1, -0.05) is 38.1 Å². The van der Waals surface area contributed by atoms with Crippen molar-refractivity contribution in [1.29, 1.82) is 0 Å². The molecule has 2 heterocycles. The molecule has 0 aliphatic rings. The Balaban J connectivity index is 1.81. The van der Waals surface area contributed by atoms with Crippen molar-refractivity contribution in [3.63, 3.8) is 0 Å². The summed E-state index contributed by atoms with van der Waals surface area (Å²) < 4.78 is 2.07. The third kappa shape index (κ3) is 2.96. The summed E-state index contributed by atoms with van der Waals surface area (Å²) in [6.07, 6.45) is 4.70. The van der Waals surface area contributed by atoms with Crippen LogP contribution in [0.15, 0.2) is 42.7 Å². The van der Waals surface area contributed by atoms with Gasteiger partial charge in [-0.05, 0) is 29.5 Å².